The van der Waals surface area contributed by atoms with Crippen LogP contribution in [-0.2, 0) is 11.2 Å². The molecule has 2 aromatic carbocycles. The minimum Gasteiger partial charge on any atom is -0.484 e. The lowest BCUT2D eigenvalue weighted by atomic mass is 10.1. The molecule has 1 amide bonds. The molecule has 0 atom stereocenters. The Labute approximate surface area is 184 Å². The molecule has 1 heterocycles. The van der Waals surface area contributed by atoms with Crippen molar-refractivity contribution in [2.24, 2.45) is 0 Å². The molecule has 0 saturated heterocycles. The second-order valence-corrected chi connectivity index (χ2v) is 7.03. The van der Waals surface area contributed by atoms with E-state index in [4.69, 9.17) is 10.5 Å². The minimum atomic E-state index is -0.381. The van der Waals surface area contributed by atoms with Gasteiger partial charge in [-0.15, -0.1) is 0 Å². The maximum Gasteiger partial charge on any atom is 0.257 e. The second-order valence-electron chi connectivity index (χ2n) is 7.03. The Morgan fingerprint density at radius 1 is 1.19 bits per heavy atom. The summed E-state index contributed by atoms with van der Waals surface area (Å²) in [4.78, 5) is 23.3. The van der Waals surface area contributed by atoms with E-state index in [1.807, 2.05) is 0 Å². The average molecular weight is 435 g/mol. The smallest absolute Gasteiger partial charge is 0.257 e. The number of aryl methyl sites for hydroxylation is 1. The zero-order chi connectivity index (χ0) is 23.1. The van der Waals surface area contributed by atoms with E-state index in [0.717, 1.165) is 0 Å². The summed E-state index contributed by atoms with van der Waals surface area (Å²) in [5, 5.41) is 16.5. The lowest BCUT2D eigenvalue weighted by Crippen LogP contribution is -2.30. The molecule has 1 aromatic heterocycles. The number of ether oxygens (including phenoxy) is 1. The Hall–Kier alpha value is -4.19. The monoisotopic (exact) mass is 435 g/mol. The molecule has 0 spiro atoms. The molecule has 3 aromatic rings. The number of benzene rings is 2. The number of nitrogens with two attached hydrogens (primary N) is 1. The molecule has 9 heteroatoms. The van der Waals surface area contributed by atoms with Gasteiger partial charge in [0.25, 0.3) is 5.91 Å². The summed E-state index contributed by atoms with van der Waals surface area (Å²) in [6, 6.07) is 14.2. The van der Waals surface area contributed by atoms with Crippen molar-refractivity contribution < 1.29 is 18.7 Å². The number of ketones is 1. The van der Waals surface area contributed by atoms with Gasteiger partial charge in [0, 0.05) is 12.1 Å². The van der Waals surface area contributed by atoms with E-state index in [9.17, 15) is 19.2 Å². The van der Waals surface area contributed by atoms with Crippen molar-refractivity contribution in [2.75, 3.05) is 18.9 Å². The van der Waals surface area contributed by atoms with Crippen LogP contribution in [0.4, 0.5) is 10.2 Å². The number of halogens is 1. The highest BCUT2D eigenvalue weighted by Crippen LogP contribution is 2.21. The van der Waals surface area contributed by atoms with Gasteiger partial charge in [-0.2, -0.15) is 10.4 Å². The summed E-state index contributed by atoms with van der Waals surface area (Å²) in [6.07, 6.45) is 0.961. The molecule has 0 aliphatic carbocycles. The van der Waals surface area contributed by atoms with Crippen LogP contribution >= 0.6 is 0 Å². The molecular formula is C23H22FN5O3. The number of anilines is 1. The van der Waals surface area contributed by atoms with Gasteiger partial charge in [-0.25, -0.2) is 9.07 Å². The Bertz CT molecular complexity index is 1150. The molecule has 164 valence electrons. The van der Waals surface area contributed by atoms with Crippen LogP contribution in [0.25, 0.3) is 5.69 Å². The highest BCUT2D eigenvalue weighted by atomic mass is 19.1. The maximum atomic E-state index is 13.2. The molecular weight excluding hydrogens is 413 g/mol. The van der Waals surface area contributed by atoms with E-state index in [0.29, 0.717) is 42.1 Å². The van der Waals surface area contributed by atoms with Gasteiger partial charge in [0.2, 0.25) is 0 Å². The lowest BCUT2D eigenvalue weighted by molar-refractivity contribution is -0.123. The third-order valence-corrected chi connectivity index (χ3v) is 4.72. The highest BCUT2D eigenvalue weighted by molar-refractivity contribution is 5.94. The number of carbonyl (C=O) groups excluding carboxylic acids is 2. The van der Waals surface area contributed by atoms with Crippen molar-refractivity contribution in [3.05, 3.63) is 71.2 Å². The Morgan fingerprint density at radius 2 is 1.88 bits per heavy atom. The van der Waals surface area contributed by atoms with Gasteiger partial charge in [0.15, 0.2) is 12.4 Å². The number of Topliss-reactive ketones (excluding diaryl/α,β-unsaturated/α-hetero) is 1. The highest BCUT2D eigenvalue weighted by Gasteiger charge is 2.16. The van der Waals surface area contributed by atoms with Crippen molar-refractivity contribution in [3.8, 4) is 17.5 Å². The number of hydrogen-bond donors (Lipinski definition) is 2. The van der Waals surface area contributed by atoms with E-state index in [1.54, 1.807) is 24.3 Å². The van der Waals surface area contributed by atoms with Gasteiger partial charge in [0.1, 0.15) is 29.0 Å². The standard InChI is InChI=1S/C23H22FN5O3/c1-15(30)16-4-10-19(11-5-16)32-14-22(31)27-12-2-3-21-20(13-25)23(26)29(28-21)18-8-6-17(24)7-9-18/h4-11H,2-3,12,14,26H2,1H3,(H,27,31). The van der Waals surface area contributed by atoms with Gasteiger partial charge in [-0.3, -0.25) is 9.59 Å². The normalized spacial score (nSPS) is 10.4. The molecule has 0 radical (unpaired) electrons. The molecule has 0 unspecified atom stereocenters. The Kier molecular flexibility index (Phi) is 7.18. The summed E-state index contributed by atoms with van der Waals surface area (Å²) >= 11 is 0. The van der Waals surface area contributed by atoms with Crippen molar-refractivity contribution in [2.45, 2.75) is 19.8 Å². The zero-order valence-corrected chi connectivity index (χ0v) is 17.5. The number of hydrogen-bond acceptors (Lipinski definition) is 6. The van der Waals surface area contributed by atoms with Crippen molar-refractivity contribution >= 4 is 17.5 Å². The van der Waals surface area contributed by atoms with Gasteiger partial charge in [-0.1, -0.05) is 0 Å². The number of nitrogens with zero attached hydrogens (tertiary/aromatic N) is 3. The van der Waals surface area contributed by atoms with Crippen molar-refractivity contribution in [1.29, 1.82) is 5.26 Å². The molecule has 3 N–H and O–H groups in total. The van der Waals surface area contributed by atoms with Crippen LogP contribution in [0.5, 0.6) is 5.75 Å². The SMILES string of the molecule is CC(=O)c1ccc(OCC(=O)NCCCc2nn(-c3ccc(F)cc3)c(N)c2C#N)cc1. The van der Waals surface area contributed by atoms with Gasteiger partial charge in [0.05, 0.1) is 11.4 Å². The first-order valence-corrected chi connectivity index (χ1v) is 9.93. The summed E-state index contributed by atoms with van der Waals surface area (Å²) in [7, 11) is 0. The van der Waals surface area contributed by atoms with Gasteiger partial charge in [-0.05, 0) is 68.3 Å². The minimum absolute atomic E-state index is 0.0434. The molecule has 32 heavy (non-hydrogen) atoms. The molecule has 0 saturated carbocycles. The van der Waals surface area contributed by atoms with E-state index in [2.05, 4.69) is 16.5 Å². The quantitative estimate of drug-likeness (QED) is 0.394. The fourth-order valence-corrected chi connectivity index (χ4v) is 3.02. The van der Waals surface area contributed by atoms with Gasteiger partial charge >= 0.3 is 0 Å². The molecule has 3 rings (SSSR count). The van der Waals surface area contributed by atoms with Crippen molar-refractivity contribution in [3.63, 3.8) is 0 Å². The largest absolute Gasteiger partial charge is 0.484 e. The van der Waals surface area contributed by atoms with Crippen molar-refractivity contribution in [1.82, 2.24) is 15.1 Å². The first kappa shape index (κ1) is 22.5. The first-order valence-electron chi connectivity index (χ1n) is 9.93. The first-order chi connectivity index (χ1) is 15.4. The molecule has 0 aliphatic rings. The maximum absolute atomic E-state index is 13.2. The lowest BCUT2D eigenvalue weighted by Gasteiger charge is -2.07. The molecule has 8 nitrogen and oxygen atoms in total. The van der Waals surface area contributed by atoms with Crippen LogP contribution < -0.4 is 15.8 Å². The van der Waals surface area contributed by atoms with Crippen LogP contribution in [0.1, 0.15) is 35.0 Å². The summed E-state index contributed by atoms with van der Waals surface area (Å²) < 4.78 is 20.0. The Morgan fingerprint density at radius 3 is 2.50 bits per heavy atom. The Balaban J connectivity index is 1.49. The number of amides is 1. The topological polar surface area (TPSA) is 123 Å². The third kappa shape index (κ3) is 5.49. The van der Waals surface area contributed by atoms with E-state index >= 15 is 0 Å². The van der Waals surface area contributed by atoms with Crippen LogP contribution in [0.15, 0.2) is 48.5 Å². The molecule has 0 bridgehead atoms. The van der Waals surface area contributed by atoms with E-state index in [-0.39, 0.29) is 35.5 Å². The van der Waals surface area contributed by atoms with Crippen LogP contribution in [0.2, 0.25) is 0 Å². The average Bonchev–Trinajstić information content (AvgIpc) is 3.11. The number of nitrogens with one attached hydrogen (secondary N) is 1. The van der Waals surface area contributed by atoms with Crippen LogP contribution in [0, 0.1) is 17.1 Å². The third-order valence-electron chi connectivity index (χ3n) is 4.72. The van der Waals surface area contributed by atoms with Crippen LogP contribution in [-0.4, -0.2) is 34.6 Å². The number of carbonyl (C=O) groups is 2. The molecule has 0 aliphatic heterocycles. The number of nitrogen functional groups attached to an aromatic ring is 1. The summed E-state index contributed by atoms with van der Waals surface area (Å²) in [5.41, 5.74) is 7.92. The number of rotatable bonds is 9. The summed E-state index contributed by atoms with van der Waals surface area (Å²) in [5.74, 6) is -0.0448. The van der Waals surface area contributed by atoms with Crippen LogP contribution in [0.3, 0.4) is 0 Å². The van der Waals surface area contributed by atoms with Gasteiger partial charge < -0.3 is 15.8 Å². The zero-order valence-electron chi connectivity index (χ0n) is 17.5. The van der Waals surface area contributed by atoms with E-state index in [1.165, 1.54) is 35.9 Å². The fraction of sp³-hybridized carbons (Fsp3) is 0.217. The van der Waals surface area contributed by atoms with E-state index < -0.39 is 0 Å². The number of nitriles is 1. The fourth-order valence-electron chi connectivity index (χ4n) is 3.02. The molecule has 0 fully saturated rings. The predicted molar refractivity (Wildman–Crippen MR) is 116 cm³/mol. The number of aromatic nitrogens is 2. The second kappa shape index (κ2) is 10.2. The summed E-state index contributed by atoms with van der Waals surface area (Å²) in [6.45, 7) is 1.68. The predicted octanol–water partition coefficient (Wildman–Crippen LogP) is 2.80.